The Labute approximate surface area is 130 Å². The summed E-state index contributed by atoms with van der Waals surface area (Å²) in [5, 5.41) is 0. The fourth-order valence-corrected chi connectivity index (χ4v) is 4.46. The Morgan fingerprint density at radius 2 is 2.05 bits per heavy atom. The third kappa shape index (κ3) is 5.93. The molecule has 0 saturated carbocycles. The number of thiophene rings is 1. The average molecular weight is 423 g/mol. The molecule has 1 aromatic rings. The number of Topliss-reactive ketones (excluding diaryl/α,β-unsaturated/α-hetero) is 1. The molecule has 0 aliphatic heterocycles. The van der Waals surface area contributed by atoms with Gasteiger partial charge in [0.1, 0.15) is 0 Å². The van der Waals surface area contributed by atoms with Gasteiger partial charge in [0.15, 0.2) is 5.78 Å². The minimum Gasteiger partial charge on any atom is -0.293 e. The third-order valence-electron chi connectivity index (χ3n) is 2.27. The Balaban J connectivity index is 2.73. The van der Waals surface area contributed by atoms with Crippen LogP contribution < -0.4 is 0 Å². The quantitative estimate of drug-likeness (QED) is 0.617. The molecular weight excluding hydrogens is 411 g/mol. The van der Waals surface area contributed by atoms with Crippen molar-refractivity contribution in [2.75, 3.05) is 19.6 Å². The first kappa shape index (κ1) is 17.1. The lowest BCUT2D eigenvalue weighted by atomic mass is 10.2. The zero-order chi connectivity index (χ0) is 14.6. The fraction of sp³-hybridized carbons (Fsp3) is 0.545. The van der Waals surface area contributed by atoms with Crippen molar-refractivity contribution in [3.05, 3.63) is 19.2 Å². The molecule has 0 saturated heterocycles. The lowest BCUT2D eigenvalue weighted by Gasteiger charge is -2.22. The average Bonchev–Trinajstić information content (AvgIpc) is 2.55. The van der Waals surface area contributed by atoms with E-state index in [1.165, 1.54) is 11.3 Å². The summed E-state index contributed by atoms with van der Waals surface area (Å²) in [6, 6.07) is 1.62. The molecule has 0 fully saturated rings. The number of nitrogens with zero attached hydrogens (tertiary/aromatic N) is 1. The van der Waals surface area contributed by atoms with Crippen LogP contribution in [0.2, 0.25) is 0 Å². The summed E-state index contributed by atoms with van der Waals surface area (Å²) in [4.78, 5) is 13.1. The van der Waals surface area contributed by atoms with E-state index in [2.05, 4.69) is 31.9 Å². The molecule has 0 bridgehead atoms. The van der Waals surface area contributed by atoms with Gasteiger partial charge in [-0.25, -0.2) is 0 Å². The van der Waals surface area contributed by atoms with Gasteiger partial charge in [0.25, 0.3) is 0 Å². The summed E-state index contributed by atoms with van der Waals surface area (Å²) in [6.45, 7) is 0.740. The zero-order valence-electron chi connectivity index (χ0n) is 10.1. The number of hydrogen-bond acceptors (Lipinski definition) is 3. The Morgan fingerprint density at radius 3 is 2.47 bits per heavy atom. The first-order valence-corrected chi connectivity index (χ1v) is 7.90. The molecular formula is C11H12Br2F3NOS. The van der Waals surface area contributed by atoms with E-state index >= 15 is 0 Å². The minimum absolute atomic E-state index is 0.227. The molecule has 0 aliphatic carbocycles. The van der Waals surface area contributed by atoms with Gasteiger partial charge in [-0.2, -0.15) is 13.2 Å². The highest BCUT2D eigenvalue weighted by Crippen LogP contribution is 2.32. The van der Waals surface area contributed by atoms with Crippen LogP contribution in [0.5, 0.6) is 0 Å². The summed E-state index contributed by atoms with van der Waals surface area (Å²) < 4.78 is 38.6. The molecule has 8 heteroatoms. The van der Waals surface area contributed by atoms with Crippen molar-refractivity contribution in [1.82, 2.24) is 4.90 Å². The predicted octanol–water partition coefficient (Wildman–Crippen LogP) is 4.73. The lowest BCUT2D eigenvalue weighted by molar-refractivity contribution is -0.144. The molecule has 1 rings (SSSR count). The van der Waals surface area contributed by atoms with Gasteiger partial charge in [-0.1, -0.05) is 6.92 Å². The first-order chi connectivity index (χ1) is 8.73. The largest absolute Gasteiger partial charge is 0.401 e. The molecule has 1 heterocycles. The predicted molar refractivity (Wildman–Crippen MR) is 76.8 cm³/mol. The molecule has 108 valence electrons. The minimum atomic E-state index is -4.29. The summed E-state index contributed by atoms with van der Waals surface area (Å²) >= 11 is 7.80. The molecule has 0 radical (unpaired) electrons. The first-order valence-electron chi connectivity index (χ1n) is 5.50. The van der Waals surface area contributed by atoms with Gasteiger partial charge in [-0.15, -0.1) is 11.3 Å². The highest BCUT2D eigenvalue weighted by atomic mass is 79.9. The standard InChI is InChI=1S/C11H12Br2F3NOS/c1-2-3-17(6-11(14,15)16)5-8(18)7-4-9(12)19-10(7)13/h4H,2-3,5-6H2,1H3. The van der Waals surface area contributed by atoms with Crippen LogP contribution in [0.4, 0.5) is 13.2 Å². The number of alkyl halides is 3. The molecule has 19 heavy (non-hydrogen) atoms. The second-order valence-corrected chi connectivity index (χ2v) is 7.74. The maximum atomic E-state index is 12.4. The summed E-state index contributed by atoms with van der Waals surface area (Å²) in [5.41, 5.74) is 0.417. The molecule has 0 unspecified atom stereocenters. The summed E-state index contributed by atoms with van der Waals surface area (Å²) in [5.74, 6) is -0.313. The van der Waals surface area contributed by atoms with E-state index in [1.54, 1.807) is 13.0 Å². The molecule has 0 aromatic carbocycles. The number of ketones is 1. The van der Waals surface area contributed by atoms with Gasteiger partial charge in [0.2, 0.25) is 0 Å². The van der Waals surface area contributed by atoms with Gasteiger partial charge in [-0.05, 0) is 50.9 Å². The van der Waals surface area contributed by atoms with E-state index in [9.17, 15) is 18.0 Å². The van der Waals surface area contributed by atoms with Crippen molar-refractivity contribution < 1.29 is 18.0 Å². The Kier molecular flexibility index (Phi) is 6.49. The van der Waals surface area contributed by atoms with Crippen LogP contribution in [0, 0.1) is 0 Å². The second kappa shape index (κ2) is 7.19. The summed E-state index contributed by atoms with van der Waals surface area (Å²) in [7, 11) is 0. The second-order valence-electron chi connectivity index (χ2n) is 3.99. The van der Waals surface area contributed by atoms with Crippen LogP contribution in [0.3, 0.4) is 0 Å². The third-order valence-corrected chi connectivity index (χ3v) is 4.61. The van der Waals surface area contributed by atoms with Crippen LogP contribution in [0.15, 0.2) is 13.6 Å². The normalized spacial score (nSPS) is 12.2. The number of halogens is 5. The topological polar surface area (TPSA) is 20.3 Å². The van der Waals surface area contributed by atoms with Crippen LogP contribution >= 0.6 is 43.2 Å². The Bertz CT molecular complexity index is 448. The SMILES string of the molecule is CCCN(CC(=O)c1cc(Br)sc1Br)CC(F)(F)F. The summed E-state index contributed by atoms with van der Waals surface area (Å²) in [6.07, 6.45) is -3.72. The lowest BCUT2D eigenvalue weighted by Crippen LogP contribution is -2.38. The van der Waals surface area contributed by atoms with Gasteiger partial charge >= 0.3 is 6.18 Å². The van der Waals surface area contributed by atoms with Gasteiger partial charge in [-0.3, -0.25) is 9.69 Å². The van der Waals surface area contributed by atoms with Crippen LogP contribution in [-0.2, 0) is 0 Å². The monoisotopic (exact) mass is 421 g/mol. The van der Waals surface area contributed by atoms with E-state index < -0.39 is 12.7 Å². The molecule has 0 spiro atoms. The van der Waals surface area contributed by atoms with E-state index in [0.29, 0.717) is 15.8 Å². The van der Waals surface area contributed by atoms with E-state index in [4.69, 9.17) is 0 Å². The van der Waals surface area contributed by atoms with Crippen molar-refractivity contribution in [3.8, 4) is 0 Å². The highest BCUT2D eigenvalue weighted by Gasteiger charge is 2.31. The van der Waals surface area contributed by atoms with Crippen LogP contribution in [0.25, 0.3) is 0 Å². The van der Waals surface area contributed by atoms with Crippen molar-refractivity contribution in [2.45, 2.75) is 19.5 Å². The Morgan fingerprint density at radius 1 is 1.42 bits per heavy atom. The highest BCUT2D eigenvalue weighted by molar-refractivity contribution is 9.12. The molecule has 0 amide bonds. The van der Waals surface area contributed by atoms with E-state index in [0.717, 1.165) is 8.69 Å². The maximum absolute atomic E-state index is 12.4. The van der Waals surface area contributed by atoms with Crippen molar-refractivity contribution in [2.24, 2.45) is 0 Å². The number of carbonyl (C=O) groups excluding carboxylic acids is 1. The smallest absolute Gasteiger partial charge is 0.293 e. The van der Waals surface area contributed by atoms with Gasteiger partial charge in [0, 0.05) is 5.56 Å². The van der Waals surface area contributed by atoms with Crippen molar-refractivity contribution in [1.29, 1.82) is 0 Å². The molecule has 0 aliphatic rings. The molecule has 2 nitrogen and oxygen atoms in total. The zero-order valence-corrected chi connectivity index (χ0v) is 14.0. The number of rotatable bonds is 6. The number of carbonyl (C=O) groups is 1. The Hall–Kier alpha value is 0.0800. The van der Waals surface area contributed by atoms with Crippen LogP contribution in [0.1, 0.15) is 23.7 Å². The van der Waals surface area contributed by atoms with Crippen LogP contribution in [-0.4, -0.2) is 36.5 Å². The fourth-order valence-electron chi connectivity index (χ4n) is 1.60. The molecule has 0 N–H and O–H groups in total. The van der Waals surface area contributed by atoms with Crippen molar-refractivity contribution >= 4 is 49.0 Å². The number of hydrogen-bond donors (Lipinski definition) is 0. The molecule has 0 atom stereocenters. The molecule has 1 aromatic heterocycles. The maximum Gasteiger partial charge on any atom is 0.401 e. The van der Waals surface area contributed by atoms with Gasteiger partial charge in [0.05, 0.1) is 20.7 Å². The van der Waals surface area contributed by atoms with E-state index in [-0.39, 0.29) is 18.9 Å². The van der Waals surface area contributed by atoms with Gasteiger partial charge < -0.3 is 0 Å². The van der Waals surface area contributed by atoms with Crippen molar-refractivity contribution in [3.63, 3.8) is 0 Å². The van der Waals surface area contributed by atoms with E-state index in [1.807, 2.05) is 0 Å².